The molecule has 0 amide bonds. The van der Waals surface area contributed by atoms with E-state index in [4.69, 9.17) is 14.0 Å². The van der Waals surface area contributed by atoms with Gasteiger partial charge in [0.1, 0.15) is 5.75 Å². The van der Waals surface area contributed by atoms with Gasteiger partial charge in [-0.05, 0) is 43.5 Å². The fourth-order valence-electron chi connectivity index (χ4n) is 3.75. The molecule has 1 aliphatic carbocycles. The first kappa shape index (κ1) is 15.1. The number of oxime groups is 1. The third-order valence-electron chi connectivity index (χ3n) is 4.99. The van der Waals surface area contributed by atoms with Crippen LogP contribution in [0.2, 0.25) is 0 Å². The fraction of sp³-hybridized carbons (Fsp3) is 0.250. The Hall–Kier alpha value is -3.15. The van der Waals surface area contributed by atoms with Crippen molar-refractivity contribution in [2.24, 2.45) is 5.16 Å². The molecule has 6 heteroatoms. The minimum Gasteiger partial charge on any atom is -0.440 e. The van der Waals surface area contributed by atoms with E-state index in [-0.39, 0.29) is 5.60 Å². The predicted molar refractivity (Wildman–Crippen MR) is 94.7 cm³/mol. The van der Waals surface area contributed by atoms with Crippen molar-refractivity contribution in [2.75, 3.05) is 0 Å². The average molecular weight is 347 g/mol. The summed E-state index contributed by atoms with van der Waals surface area (Å²) in [6, 6.07) is 14.0. The Bertz CT molecular complexity index is 997. The van der Waals surface area contributed by atoms with Crippen LogP contribution in [0, 0.1) is 6.92 Å². The van der Waals surface area contributed by atoms with Crippen LogP contribution >= 0.6 is 0 Å². The maximum absolute atomic E-state index is 5.97. The van der Waals surface area contributed by atoms with Gasteiger partial charge < -0.3 is 14.0 Å². The highest BCUT2D eigenvalue weighted by Crippen LogP contribution is 2.46. The summed E-state index contributed by atoms with van der Waals surface area (Å²) in [7, 11) is 0. The smallest absolute Gasteiger partial charge is 0.247 e. The van der Waals surface area contributed by atoms with Crippen molar-refractivity contribution in [1.29, 1.82) is 0 Å². The summed E-state index contributed by atoms with van der Waals surface area (Å²) in [4.78, 5) is 5.88. The molecule has 130 valence electrons. The second-order valence-electron chi connectivity index (χ2n) is 6.78. The molecule has 1 atom stereocenters. The number of aryl methyl sites for hydroxylation is 2. The lowest BCUT2D eigenvalue weighted by Gasteiger charge is -2.21. The molecule has 3 aromatic rings. The van der Waals surface area contributed by atoms with Gasteiger partial charge in [-0.2, -0.15) is 0 Å². The Morgan fingerprint density at radius 3 is 3.00 bits per heavy atom. The third-order valence-corrected chi connectivity index (χ3v) is 4.99. The van der Waals surface area contributed by atoms with Crippen molar-refractivity contribution in [3.05, 3.63) is 65.5 Å². The predicted octanol–water partition coefficient (Wildman–Crippen LogP) is 4.00. The summed E-state index contributed by atoms with van der Waals surface area (Å²) in [6.45, 7) is 2.11. The van der Waals surface area contributed by atoms with Crippen LogP contribution < -0.4 is 4.74 Å². The van der Waals surface area contributed by atoms with Crippen molar-refractivity contribution in [2.45, 2.75) is 31.8 Å². The highest BCUT2D eigenvalue weighted by molar-refractivity contribution is 5.81. The fourth-order valence-corrected chi connectivity index (χ4v) is 3.75. The summed E-state index contributed by atoms with van der Waals surface area (Å²) in [5.74, 6) is 1.71. The first-order chi connectivity index (χ1) is 12.7. The minimum atomic E-state index is -0.386. The van der Waals surface area contributed by atoms with E-state index in [2.05, 4.69) is 40.5 Å². The monoisotopic (exact) mass is 347 g/mol. The maximum Gasteiger partial charge on any atom is 0.247 e. The van der Waals surface area contributed by atoms with E-state index in [0.717, 1.165) is 18.4 Å². The molecule has 0 unspecified atom stereocenters. The number of fused-ring (bicyclic) bond motifs is 2. The lowest BCUT2D eigenvalue weighted by Crippen LogP contribution is -2.24. The van der Waals surface area contributed by atoms with Crippen LogP contribution in [-0.2, 0) is 16.9 Å². The van der Waals surface area contributed by atoms with Gasteiger partial charge in [-0.3, -0.25) is 0 Å². The van der Waals surface area contributed by atoms with Crippen molar-refractivity contribution in [3.63, 3.8) is 0 Å². The molecule has 1 aromatic heterocycles. The number of hydrogen-bond donors (Lipinski definition) is 0. The Morgan fingerprint density at radius 2 is 2.12 bits per heavy atom. The maximum atomic E-state index is 5.97. The third kappa shape index (κ3) is 2.45. The largest absolute Gasteiger partial charge is 0.440 e. The minimum absolute atomic E-state index is 0.386. The van der Waals surface area contributed by atoms with E-state index < -0.39 is 0 Å². The zero-order chi connectivity index (χ0) is 17.6. The van der Waals surface area contributed by atoms with E-state index in [1.807, 2.05) is 24.3 Å². The molecule has 2 aliphatic rings. The summed E-state index contributed by atoms with van der Waals surface area (Å²) in [5.41, 5.74) is 4.26. The van der Waals surface area contributed by atoms with E-state index >= 15 is 0 Å². The molecule has 2 aromatic carbocycles. The van der Waals surface area contributed by atoms with Crippen LogP contribution in [0.15, 0.2) is 58.4 Å². The van der Waals surface area contributed by atoms with Crippen LogP contribution in [0.3, 0.4) is 0 Å². The first-order valence-corrected chi connectivity index (χ1v) is 8.61. The van der Waals surface area contributed by atoms with Gasteiger partial charge in [0, 0.05) is 11.1 Å². The molecule has 0 fully saturated rings. The molecule has 0 radical (unpaired) electrons. The van der Waals surface area contributed by atoms with E-state index in [0.29, 0.717) is 24.0 Å². The van der Waals surface area contributed by atoms with Gasteiger partial charge in [-0.25, -0.2) is 0 Å². The molecule has 1 aliphatic heterocycles. The lowest BCUT2D eigenvalue weighted by molar-refractivity contribution is -0.0215. The molecule has 1 spiro atoms. The topological polar surface area (TPSA) is 69.7 Å². The Kier molecular flexibility index (Phi) is 3.31. The lowest BCUT2D eigenvalue weighted by atomic mass is 9.92. The van der Waals surface area contributed by atoms with Crippen molar-refractivity contribution < 1.29 is 14.0 Å². The first-order valence-electron chi connectivity index (χ1n) is 8.61. The Morgan fingerprint density at radius 1 is 1.15 bits per heavy atom. The van der Waals surface area contributed by atoms with E-state index in [9.17, 15) is 0 Å². The summed E-state index contributed by atoms with van der Waals surface area (Å²) >= 11 is 0. The van der Waals surface area contributed by atoms with Gasteiger partial charge in [0.05, 0.1) is 6.42 Å². The van der Waals surface area contributed by atoms with Gasteiger partial charge in [-0.1, -0.05) is 35.0 Å². The zero-order valence-corrected chi connectivity index (χ0v) is 14.3. The average Bonchev–Trinajstić information content (AvgIpc) is 3.38. The summed E-state index contributed by atoms with van der Waals surface area (Å²) < 4.78 is 11.2. The van der Waals surface area contributed by atoms with Crippen LogP contribution in [0.5, 0.6) is 5.75 Å². The van der Waals surface area contributed by atoms with E-state index in [1.165, 1.54) is 23.1 Å². The number of rotatable bonds is 2. The number of benzene rings is 2. The van der Waals surface area contributed by atoms with E-state index in [1.54, 1.807) is 0 Å². The highest BCUT2D eigenvalue weighted by atomic mass is 16.7. The SMILES string of the molecule is Cc1ccc2c(c1)CC[C@@]21CC(Oc2cccc(-c3nnco3)c2)=NO1. The van der Waals surface area contributed by atoms with Crippen molar-refractivity contribution >= 4 is 5.90 Å². The molecule has 0 N–H and O–H groups in total. The van der Waals surface area contributed by atoms with Gasteiger partial charge in [0.15, 0.2) is 5.60 Å². The number of aromatic nitrogens is 2. The second kappa shape index (κ2) is 5.69. The van der Waals surface area contributed by atoms with Gasteiger partial charge >= 0.3 is 0 Å². The number of ether oxygens (including phenoxy) is 1. The van der Waals surface area contributed by atoms with Crippen molar-refractivity contribution in [3.8, 4) is 17.2 Å². The molecule has 0 saturated heterocycles. The summed E-state index contributed by atoms with van der Waals surface area (Å²) in [6.07, 6.45) is 3.87. The van der Waals surface area contributed by atoms with Gasteiger partial charge in [0.2, 0.25) is 18.2 Å². The quantitative estimate of drug-likeness (QED) is 0.701. The van der Waals surface area contributed by atoms with Crippen LogP contribution in [-0.4, -0.2) is 16.1 Å². The molecular weight excluding hydrogens is 330 g/mol. The highest BCUT2D eigenvalue weighted by Gasteiger charge is 2.46. The Labute approximate surface area is 150 Å². The standard InChI is InChI=1S/C20H17N3O3/c1-13-5-6-17-14(9-13)7-8-20(17)11-18(23-26-20)25-16-4-2-3-15(10-16)19-22-21-12-24-19/h2-6,9-10,12H,7-8,11H2,1H3/t20-/m1/s1. The van der Waals surface area contributed by atoms with Crippen LogP contribution in [0.1, 0.15) is 29.5 Å². The number of nitrogens with zero attached hydrogens (tertiary/aromatic N) is 3. The van der Waals surface area contributed by atoms with Gasteiger partial charge in [0.25, 0.3) is 0 Å². The summed E-state index contributed by atoms with van der Waals surface area (Å²) in [5, 5.41) is 11.9. The van der Waals surface area contributed by atoms with Crippen molar-refractivity contribution in [1.82, 2.24) is 10.2 Å². The molecule has 2 heterocycles. The molecular formula is C20H17N3O3. The molecule has 0 saturated carbocycles. The molecule has 0 bridgehead atoms. The zero-order valence-electron chi connectivity index (χ0n) is 14.3. The Balaban J connectivity index is 1.36. The molecule has 6 nitrogen and oxygen atoms in total. The molecule has 5 rings (SSSR count). The van der Waals surface area contributed by atoms with Crippen LogP contribution in [0.4, 0.5) is 0 Å². The van der Waals surface area contributed by atoms with Gasteiger partial charge in [-0.15, -0.1) is 10.2 Å². The van der Waals surface area contributed by atoms with Crippen LogP contribution in [0.25, 0.3) is 11.5 Å². The number of hydrogen-bond acceptors (Lipinski definition) is 6. The second-order valence-corrected chi connectivity index (χ2v) is 6.78. The normalized spacial score (nSPS) is 20.7. The molecule has 26 heavy (non-hydrogen) atoms.